The van der Waals surface area contributed by atoms with Gasteiger partial charge in [0.15, 0.2) is 5.52 Å². The van der Waals surface area contributed by atoms with E-state index in [1.807, 2.05) is 29.2 Å². The predicted molar refractivity (Wildman–Crippen MR) is 96.5 cm³/mol. The molecule has 1 aliphatic heterocycles. The monoisotopic (exact) mass is 349 g/mol. The molecule has 132 valence electrons. The summed E-state index contributed by atoms with van der Waals surface area (Å²) < 4.78 is 6.12. The normalized spacial score (nSPS) is 15.2. The summed E-state index contributed by atoms with van der Waals surface area (Å²) in [5, 5.41) is 0. The number of ether oxygens (including phenoxy) is 1. The molecule has 1 amide bonds. The van der Waals surface area contributed by atoms with Crippen LogP contribution in [-0.2, 0) is 4.79 Å². The van der Waals surface area contributed by atoms with Crippen molar-refractivity contribution in [3.05, 3.63) is 43.0 Å². The zero-order valence-corrected chi connectivity index (χ0v) is 14.5. The highest BCUT2D eigenvalue weighted by Gasteiger charge is 2.23. The molecule has 0 spiro atoms. The molecular weight excluding hydrogens is 330 g/mol. The average Bonchev–Trinajstić information content (AvgIpc) is 2.69. The van der Waals surface area contributed by atoms with E-state index in [2.05, 4.69) is 15.0 Å². The molecule has 7 heteroatoms. The largest absolute Gasteiger partial charge is 0.473 e. The van der Waals surface area contributed by atoms with Gasteiger partial charge in [-0.3, -0.25) is 9.78 Å². The molecule has 1 saturated heterocycles. The van der Waals surface area contributed by atoms with Crippen LogP contribution < -0.4 is 4.74 Å². The van der Waals surface area contributed by atoms with Crippen molar-refractivity contribution in [2.45, 2.75) is 25.9 Å². The summed E-state index contributed by atoms with van der Waals surface area (Å²) in [4.78, 5) is 30.7. The molecule has 0 bridgehead atoms. The van der Waals surface area contributed by atoms with Gasteiger partial charge in [0.1, 0.15) is 12.4 Å². The average molecular weight is 349 g/mol. The Morgan fingerprint density at radius 3 is 2.77 bits per heavy atom. The van der Waals surface area contributed by atoms with Crippen LogP contribution in [0, 0.1) is 0 Å². The van der Waals surface area contributed by atoms with E-state index in [-0.39, 0.29) is 12.0 Å². The van der Waals surface area contributed by atoms with Gasteiger partial charge in [0.05, 0.1) is 11.2 Å². The molecule has 7 nitrogen and oxygen atoms in total. The number of piperidine rings is 1. The number of likely N-dealkylation sites (tertiary alicyclic amines) is 1. The second-order valence-corrected chi connectivity index (χ2v) is 6.31. The van der Waals surface area contributed by atoms with Crippen LogP contribution >= 0.6 is 0 Å². The van der Waals surface area contributed by atoms with Gasteiger partial charge in [-0.25, -0.2) is 9.97 Å². The van der Waals surface area contributed by atoms with E-state index in [0.717, 1.165) is 29.6 Å². The Kier molecular flexibility index (Phi) is 4.43. The second kappa shape index (κ2) is 7.03. The fourth-order valence-electron chi connectivity index (χ4n) is 3.13. The molecule has 0 aliphatic carbocycles. The Labute approximate surface area is 151 Å². The lowest BCUT2D eigenvalue weighted by Crippen LogP contribution is -2.40. The summed E-state index contributed by atoms with van der Waals surface area (Å²) in [6.07, 6.45) is 6.59. The minimum atomic E-state index is 0.0209. The van der Waals surface area contributed by atoms with E-state index in [0.29, 0.717) is 24.5 Å². The van der Waals surface area contributed by atoms with Crippen LogP contribution in [0.3, 0.4) is 0 Å². The van der Waals surface area contributed by atoms with Crippen molar-refractivity contribution in [3.63, 3.8) is 0 Å². The van der Waals surface area contributed by atoms with Crippen LogP contribution in [0.1, 0.15) is 19.8 Å². The molecule has 26 heavy (non-hydrogen) atoms. The highest BCUT2D eigenvalue weighted by molar-refractivity contribution is 5.81. The molecule has 0 unspecified atom stereocenters. The molecule has 0 aromatic carbocycles. The van der Waals surface area contributed by atoms with Crippen molar-refractivity contribution in [1.29, 1.82) is 0 Å². The maximum absolute atomic E-state index is 11.5. The fraction of sp³-hybridized carbons (Fsp3) is 0.316. The van der Waals surface area contributed by atoms with Crippen molar-refractivity contribution in [3.8, 4) is 17.1 Å². The molecule has 0 saturated carbocycles. The number of rotatable bonds is 3. The summed E-state index contributed by atoms with van der Waals surface area (Å²) in [5.41, 5.74) is 3.11. The smallest absolute Gasteiger partial charge is 0.244 e. The third-order valence-electron chi connectivity index (χ3n) is 4.57. The number of fused-ring (bicyclic) bond motifs is 1. The molecule has 0 atom stereocenters. The number of amides is 1. The van der Waals surface area contributed by atoms with Crippen molar-refractivity contribution in [1.82, 2.24) is 24.8 Å². The van der Waals surface area contributed by atoms with E-state index >= 15 is 0 Å². The molecule has 3 aromatic heterocycles. The highest BCUT2D eigenvalue weighted by Crippen LogP contribution is 2.26. The summed E-state index contributed by atoms with van der Waals surface area (Å²) in [7, 11) is 0. The Balaban J connectivity index is 1.60. The fourth-order valence-corrected chi connectivity index (χ4v) is 3.13. The minimum absolute atomic E-state index is 0.0209. The van der Waals surface area contributed by atoms with E-state index in [4.69, 9.17) is 9.72 Å². The number of aromatic nitrogens is 4. The molecule has 3 aromatic rings. The number of carbonyl (C=O) groups excluding carboxylic acids is 1. The molecule has 4 rings (SSSR count). The lowest BCUT2D eigenvalue weighted by atomic mass is 10.1. The molecule has 4 heterocycles. The summed E-state index contributed by atoms with van der Waals surface area (Å²) in [5.74, 6) is 0.598. The standard InChI is InChI=1S/C19H19N5O2/c1-13(25)24-9-6-15(7-10-24)26-19-18-17(21-12-22-19)5-4-16(23-18)14-3-2-8-20-11-14/h2-5,8,11-12,15H,6-7,9-10H2,1H3. The number of hydrogen-bond donors (Lipinski definition) is 0. The summed E-state index contributed by atoms with van der Waals surface area (Å²) in [6.45, 7) is 3.01. The SMILES string of the molecule is CC(=O)N1CCC(Oc2ncnc3ccc(-c4cccnc4)nc23)CC1. The van der Waals surface area contributed by atoms with E-state index in [9.17, 15) is 4.79 Å². The number of nitrogens with zero attached hydrogens (tertiary/aromatic N) is 5. The molecule has 0 radical (unpaired) electrons. The predicted octanol–water partition coefficient (Wildman–Crippen LogP) is 2.48. The van der Waals surface area contributed by atoms with Crippen molar-refractivity contribution in [2.24, 2.45) is 0 Å². The number of hydrogen-bond acceptors (Lipinski definition) is 6. The Bertz CT molecular complexity index is 924. The summed E-state index contributed by atoms with van der Waals surface area (Å²) in [6, 6.07) is 7.67. The van der Waals surface area contributed by atoms with Crippen LogP contribution in [0.25, 0.3) is 22.3 Å². The Morgan fingerprint density at radius 2 is 2.04 bits per heavy atom. The van der Waals surface area contributed by atoms with Gasteiger partial charge in [-0.05, 0) is 24.3 Å². The van der Waals surface area contributed by atoms with Gasteiger partial charge in [-0.1, -0.05) is 0 Å². The topological polar surface area (TPSA) is 81.1 Å². The van der Waals surface area contributed by atoms with Crippen LogP contribution in [0.5, 0.6) is 5.88 Å². The van der Waals surface area contributed by atoms with Crippen LogP contribution in [-0.4, -0.2) is 49.9 Å². The Morgan fingerprint density at radius 1 is 1.19 bits per heavy atom. The van der Waals surface area contributed by atoms with Crippen molar-refractivity contribution < 1.29 is 9.53 Å². The zero-order valence-electron chi connectivity index (χ0n) is 14.5. The van der Waals surface area contributed by atoms with Crippen LogP contribution in [0.4, 0.5) is 0 Å². The van der Waals surface area contributed by atoms with Crippen molar-refractivity contribution >= 4 is 16.9 Å². The van der Waals surface area contributed by atoms with Gasteiger partial charge in [-0.15, -0.1) is 0 Å². The summed E-state index contributed by atoms with van der Waals surface area (Å²) >= 11 is 0. The van der Waals surface area contributed by atoms with Gasteiger partial charge < -0.3 is 9.64 Å². The first-order valence-corrected chi connectivity index (χ1v) is 8.65. The van der Waals surface area contributed by atoms with Crippen molar-refractivity contribution in [2.75, 3.05) is 13.1 Å². The third-order valence-corrected chi connectivity index (χ3v) is 4.57. The van der Waals surface area contributed by atoms with Gasteiger partial charge in [-0.2, -0.15) is 4.98 Å². The van der Waals surface area contributed by atoms with Gasteiger partial charge >= 0.3 is 0 Å². The molecular formula is C19H19N5O2. The van der Waals surface area contributed by atoms with Gasteiger partial charge in [0, 0.05) is 50.8 Å². The first-order valence-electron chi connectivity index (χ1n) is 8.65. The zero-order chi connectivity index (χ0) is 17.9. The maximum atomic E-state index is 11.5. The van der Waals surface area contributed by atoms with Gasteiger partial charge in [0.25, 0.3) is 0 Å². The second-order valence-electron chi connectivity index (χ2n) is 6.31. The maximum Gasteiger partial charge on any atom is 0.244 e. The number of carbonyl (C=O) groups is 1. The van der Waals surface area contributed by atoms with E-state index in [1.54, 1.807) is 19.3 Å². The lowest BCUT2D eigenvalue weighted by molar-refractivity contribution is -0.130. The first kappa shape index (κ1) is 16.4. The third kappa shape index (κ3) is 3.33. The number of pyridine rings is 2. The first-order chi connectivity index (χ1) is 12.7. The van der Waals surface area contributed by atoms with Crippen LogP contribution in [0.2, 0.25) is 0 Å². The van der Waals surface area contributed by atoms with E-state index < -0.39 is 0 Å². The lowest BCUT2D eigenvalue weighted by Gasteiger charge is -2.31. The Hall–Kier alpha value is -3.09. The van der Waals surface area contributed by atoms with Gasteiger partial charge in [0.2, 0.25) is 11.8 Å². The van der Waals surface area contributed by atoms with Crippen LogP contribution in [0.15, 0.2) is 43.0 Å². The minimum Gasteiger partial charge on any atom is -0.473 e. The molecule has 1 fully saturated rings. The molecule has 1 aliphatic rings. The van der Waals surface area contributed by atoms with E-state index in [1.165, 1.54) is 6.33 Å². The quantitative estimate of drug-likeness (QED) is 0.722. The molecule has 0 N–H and O–H groups in total. The highest BCUT2D eigenvalue weighted by atomic mass is 16.5.